The second-order valence-corrected chi connectivity index (χ2v) is 5.45. The zero-order chi connectivity index (χ0) is 14.1. The highest BCUT2D eigenvalue weighted by Crippen LogP contribution is 2.31. The molecule has 0 radical (unpaired) electrons. The maximum absolute atomic E-state index is 9.51. The number of phenolic OH excluding ortho intramolecular Hbond substituents is 1. The predicted octanol–water partition coefficient (Wildman–Crippen LogP) is 4.38. The van der Waals surface area contributed by atoms with Gasteiger partial charge >= 0.3 is 0 Å². The Morgan fingerprint density at radius 3 is 2.70 bits per heavy atom. The largest absolute Gasteiger partial charge is 0.508 e. The molecule has 3 aromatic rings. The fourth-order valence-electron chi connectivity index (χ4n) is 2.03. The second kappa shape index (κ2) is 5.31. The van der Waals surface area contributed by atoms with Crippen molar-refractivity contribution in [3.63, 3.8) is 0 Å². The van der Waals surface area contributed by atoms with Crippen LogP contribution >= 0.6 is 23.4 Å². The lowest BCUT2D eigenvalue weighted by Crippen LogP contribution is -1.93. The van der Waals surface area contributed by atoms with Gasteiger partial charge in [-0.3, -0.25) is 0 Å². The number of thioether (sulfide) groups is 1. The van der Waals surface area contributed by atoms with Crippen molar-refractivity contribution in [2.75, 3.05) is 6.26 Å². The maximum atomic E-state index is 9.51. The van der Waals surface area contributed by atoms with E-state index in [1.54, 1.807) is 30.0 Å². The molecule has 0 spiro atoms. The van der Waals surface area contributed by atoms with Crippen LogP contribution in [0.2, 0.25) is 5.15 Å². The van der Waals surface area contributed by atoms with Crippen LogP contribution in [0.15, 0.2) is 47.4 Å². The lowest BCUT2D eigenvalue weighted by molar-refractivity contribution is 0.476. The zero-order valence-corrected chi connectivity index (χ0v) is 12.2. The molecule has 5 heteroatoms. The summed E-state index contributed by atoms with van der Waals surface area (Å²) < 4.78 is 0. The third-order valence-corrected chi connectivity index (χ3v) is 4.06. The molecule has 0 saturated heterocycles. The Bertz CT molecular complexity index is 792. The van der Waals surface area contributed by atoms with E-state index in [1.807, 2.05) is 30.5 Å². The first-order chi connectivity index (χ1) is 9.69. The average molecular weight is 303 g/mol. The predicted molar refractivity (Wildman–Crippen MR) is 83.4 cm³/mol. The number of benzene rings is 2. The standard InChI is InChI=1S/C15H11ClN2OS/c1-20-13-5-3-2-4-10(13)15-17-12-7-6-9(19)8-11(12)14(16)18-15/h2-8,19H,1H3. The SMILES string of the molecule is CSc1ccccc1-c1nc(Cl)c2cc(O)ccc2n1. The molecule has 0 unspecified atom stereocenters. The molecule has 3 rings (SSSR count). The highest BCUT2D eigenvalue weighted by Gasteiger charge is 2.11. The van der Waals surface area contributed by atoms with E-state index in [-0.39, 0.29) is 5.75 Å². The number of aromatic nitrogens is 2. The minimum Gasteiger partial charge on any atom is -0.508 e. The van der Waals surface area contributed by atoms with E-state index in [0.29, 0.717) is 21.9 Å². The van der Waals surface area contributed by atoms with Gasteiger partial charge in [-0.15, -0.1) is 11.8 Å². The monoisotopic (exact) mass is 302 g/mol. The van der Waals surface area contributed by atoms with Crippen LogP contribution < -0.4 is 0 Å². The van der Waals surface area contributed by atoms with Gasteiger partial charge in [-0.05, 0) is 30.5 Å². The Hall–Kier alpha value is -1.78. The first-order valence-corrected chi connectivity index (χ1v) is 7.59. The summed E-state index contributed by atoms with van der Waals surface area (Å²) in [5.41, 5.74) is 1.67. The summed E-state index contributed by atoms with van der Waals surface area (Å²) in [5, 5.41) is 10.5. The molecule has 20 heavy (non-hydrogen) atoms. The Morgan fingerprint density at radius 2 is 1.90 bits per heavy atom. The highest BCUT2D eigenvalue weighted by atomic mass is 35.5. The first kappa shape index (κ1) is 13.2. The molecule has 100 valence electrons. The Morgan fingerprint density at radius 1 is 1.10 bits per heavy atom. The average Bonchev–Trinajstić information content (AvgIpc) is 2.47. The van der Waals surface area contributed by atoms with Gasteiger partial charge in [-0.25, -0.2) is 9.97 Å². The normalized spacial score (nSPS) is 10.9. The molecule has 1 N–H and O–H groups in total. The third-order valence-electron chi connectivity index (χ3n) is 2.98. The number of phenols is 1. The van der Waals surface area contributed by atoms with Crippen LogP contribution in [0.5, 0.6) is 5.75 Å². The van der Waals surface area contributed by atoms with Gasteiger partial charge < -0.3 is 5.11 Å². The summed E-state index contributed by atoms with van der Waals surface area (Å²) in [6.45, 7) is 0. The highest BCUT2D eigenvalue weighted by molar-refractivity contribution is 7.98. The van der Waals surface area contributed by atoms with Crippen molar-refractivity contribution in [2.24, 2.45) is 0 Å². The van der Waals surface area contributed by atoms with Gasteiger partial charge in [-0.2, -0.15) is 0 Å². The summed E-state index contributed by atoms with van der Waals surface area (Å²) in [5.74, 6) is 0.749. The number of nitrogens with zero attached hydrogens (tertiary/aromatic N) is 2. The molecule has 0 atom stereocenters. The minimum absolute atomic E-state index is 0.153. The van der Waals surface area contributed by atoms with Crippen molar-refractivity contribution in [1.29, 1.82) is 0 Å². The van der Waals surface area contributed by atoms with Crippen molar-refractivity contribution in [3.8, 4) is 17.1 Å². The molecule has 0 fully saturated rings. The molecule has 0 aliphatic carbocycles. The van der Waals surface area contributed by atoms with E-state index in [4.69, 9.17) is 11.6 Å². The van der Waals surface area contributed by atoms with Crippen LogP contribution in [-0.2, 0) is 0 Å². The molecule has 0 aliphatic heterocycles. The van der Waals surface area contributed by atoms with E-state index in [1.165, 1.54) is 0 Å². The molecular weight excluding hydrogens is 292 g/mol. The fraction of sp³-hybridized carbons (Fsp3) is 0.0667. The Balaban J connectivity index is 2.25. The van der Waals surface area contributed by atoms with Crippen molar-refractivity contribution >= 4 is 34.3 Å². The van der Waals surface area contributed by atoms with Gasteiger partial charge in [0.2, 0.25) is 0 Å². The minimum atomic E-state index is 0.153. The van der Waals surface area contributed by atoms with Gasteiger partial charge in [-0.1, -0.05) is 29.8 Å². The van der Waals surface area contributed by atoms with Crippen molar-refractivity contribution < 1.29 is 5.11 Å². The Kier molecular flexibility index (Phi) is 3.51. The molecule has 0 amide bonds. The van der Waals surface area contributed by atoms with Crippen molar-refractivity contribution in [3.05, 3.63) is 47.6 Å². The van der Waals surface area contributed by atoms with Gasteiger partial charge in [0, 0.05) is 15.8 Å². The van der Waals surface area contributed by atoms with Crippen LogP contribution in [-0.4, -0.2) is 21.3 Å². The van der Waals surface area contributed by atoms with Crippen molar-refractivity contribution in [1.82, 2.24) is 9.97 Å². The number of fused-ring (bicyclic) bond motifs is 1. The smallest absolute Gasteiger partial charge is 0.162 e. The molecule has 0 saturated carbocycles. The lowest BCUT2D eigenvalue weighted by Gasteiger charge is -2.08. The van der Waals surface area contributed by atoms with Crippen LogP contribution in [0.25, 0.3) is 22.3 Å². The summed E-state index contributed by atoms with van der Waals surface area (Å²) in [7, 11) is 0. The second-order valence-electron chi connectivity index (χ2n) is 4.24. The molecule has 0 bridgehead atoms. The first-order valence-electron chi connectivity index (χ1n) is 5.98. The topological polar surface area (TPSA) is 46.0 Å². The molecule has 1 aromatic heterocycles. The Labute approximate surface area is 125 Å². The van der Waals surface area contributed by atoms with Gasteiger partial charge in [0.1, 0.15) is 10.9 Å². The molecule has 0 aliphatic rings. The van der Waals surface area contributed by atoms with Gasteiger partial charge in [0.15, 0.2) is 5.82 Å². The zero-order valence-electron chi connectivity index (χ0n) is 10.7. The fourth-order valence-corrected chi connectivity index (χ4v) is 2.85. The van der Waals surface area contributed by atoms with Crippen LogP contribution in [0.3, 0.4) is 0 Å². The third kappa shape index (κ3) is 2.32. The number of aromatic hydroxyl groups is 1. The summed E-state index contributed by atoms with van der Waals surface area (Å²) >= 11 is 7.85. The van der Waals surface area contributed by atoms with E-state index in [2.05, 4.69) is 9.97 Å². The van der Waals surface area contributed by atoms with Crippen LogP contribution in [0.1, 0.15) is 0 Å². The van der Waals surface area contributed by atoms with Gasteiger partial charge in [0.25, 0.3) is 0 Å². The van der Waals surface area contributed by atoms with Crippen molar-refractivity contribution in [2.45, 2.75) is 4.90 Å². The molecule has 3 nitrogen and oxygen atoms in total. The summed E-state index contributed by atoms with van der Waals surface area (Å²) in [6, 6.07) is 12.8. The van der Waals surface area contributed by atoms with Gasteiger partial charge in [0.05, 0.1) is 5.52 Å². The van der Waals surface area contributed by atoms with E-state index < -0.39 is 0 Å². The molecule has 2 aromatic carbocycles. The number of rotatable bonds is 2. The summed E-state index contributed by atoms with van der Waals surface area (Å²) in [6.07, 6.45) is 2.01. The van der Waals surface area contributed by atoms with Crippen LogP contribution in [0, 0.1) is 0 Å². The number of halogens is 1. The molecular formula is C15H11ClN2OS. The quantitative estimate of drug-likeness (QED) is 0.564. The van der Waals surface area contributed by atoms with E-state index in [0.717, 1.165) is 10.5 Å². The van der Waals surface area contributed by atoms with Crippen LogP contribution in [0.4, 0.5) is 0 Å². The van der Waals surface area contributed by atoms with E-state index in [9.17, 15) is 5.11 Å². The maximum Gasteiger partial charge on any atom is 0.162 e. The molecule has 1 heterocycles. The number of hydrogen-bond acceptors (Lipinski definition) is 4. The number of hydrogen-bond donors (Lipinski definition) is 1. The summed E-state index contributed by atoms with van der Waals surface area (Å²) in [4.78, 5) is 9.99. The lowest BCUT2D eigenvalue weighted by atomic mass is 10.2. The van der Waals surface area contributed by atoms with E-state index >= 15 is 0 Å².